The molecule has 13 nitrogen and oxygen atoms in total. The molecular formula is C23H37N7O6. The van der Waals surface area contributed by atoms with Crippen LogP contribution in [0, 0.1) is 5.92 Å². The number of nitrogens with zero attached hydrogens (tertiary/aromatic N) is 1. The summed E-state index contributed by atoms with van der Waals surface area (Å²) in [7, 11) is 0. The standard InChI is InChI=1S/C23H37N7O6/c1-12(2)18(30-20(33)16(24)5-4-10-27-23(25)26)21(34)28-13(3)19(32)29-17(22(35)36)11-14-6-8-15(31)9-7-14/h6-9,12-13,16-18,31H,4-5,10-11,24H2,1-3H3,(H,28,34)(H,29,32)(H,30,33)(H,35,36)(H4,25,26,27). The zero-order chi connectivity index (χ0) is 27.4. The number of aromatic hydroxyl groups is 1. The molecule has 0 saturated carbocycles. The summed E-state index contributed by atoms with van der Waals surface area (Å²) in [4.78, 5) is 53.3. The molecule has 4 atom stereocenters. The largest absolute Gasteiger partial charge is 0.508 e. The van der Waals surface area contributed by atoms with Crippen molar-refractivity contribution in [3.8, 4) is 5.75 Å². The molecule has 1 rings (SSSR count). The molecule has 4 unspecified atom stereocenters. The smallest absolute Gasteiger partial charge is 0.326 e. The average Bonchev–Trinajstić information content (AvgIpc) is 2.80. The van der Waals surface area contributed by atoms with Crippen molar-refractivity contribution < 1.29 is 29.4 Å². The average molecular weight is 508 g/mol. The summed E-state index contributed by atoms with van der Waals surface area (Å²) in [6, 6.07) is 1.73. The highest BCUT2D eigenvalue weighted by atomic mass is 16.4. The van der Waals surface area contributed by atoms with Gasteiger partial charge in [0.05, 0.1) is 6.04 Å². The third-order valence-corrected chi connectivity index (χ3v) is 5.29. The predicted molar refractivity (Wildman–Crippen MR) is 134 cm³/mol. The van der Waals surface area contributed by atoms with Gasteiger partial charge in [-0.2, -0.15) is 0 Å². The van der Waals surface area contributed by atoms with Crippen LogP contribution in [0.25, 0.3) is 0 Å². The van der Waals surface area contributed by atoms with E-state index in [1.165, 1.54) is 19.1 Å². The normalized spacial score (nSPS) is 14.1. The van der Waals surface area contributed by atoms with Crippen LogP contribution in [0.1, 0.15) is 39.2 Å². The molecule has 0 spiro atoms. The molecule has 200 valence electrons. The molecule has 0 saturated heterocycles. The molecule has 0 bridgehead atoms. The van der Waals surface area contributed by atoms with E-state index in [1.807, 2.05) is 0 Å². The highest BCUT2D eigenvalue weighted by molar-refractivity contribution is 5.94. The lowest BCUT2D eigenvalue weighted by molar-refractivity contribution is -0.142. The number of rotatable bonds is 14. The summed E-state index contributed by atoms with van der Waals surface area (Å²) in [6.45, 7) is 5.16. The van der Waals surface area contributed by atoms with Crippen LogP contribution in [0.5, 0.6) is 5.75 Å². The monoisotopic (exact) mass is 507 g/mol. The van der Waals surface area contributed by atoms with Crippen molar-refractivity contribution in [1.29, 1.82) is 0 Å². The van der Waals surface area contributed by atoms with Crippen molar-refractivity contribution in [2.75, 3.05) is 6.54 Å². The molecule has 0 aliphatic carbocycles. The van der Waals surface area contributed by atoms with Gasteiger partial charge in [-0.3, -0.25) is 19.4 Å². The first kappa shape index (κ1) is 30.2. The highest BCUT2D eigenvalue weighted by Gasteiger charge is 2.30. The van der Waals surface area contributed by atoms with Crippen LogP contribution in [0.2, 0.25) is 0 Å². The van der Waals surface area contributed by atoms with Gasteiger partial charge in [-0.05, 0) is 43.4 Å². The minimum Gasteiger partial charge on any atom is -0.508 e. The Hall–Kier alpha value is -3.87. The summed E-state index contributed by atoms with van der Waals surface area (Å²) in [5, 5.41) is 26.4. The van der Waals surface area contributed by atoms with E-state index in [-0.39, 0.29) is 24.0 Å². The Bertz CT molecular complexity index is 931. The Morgan fingerprint density at radius 3 is 2.08 bits per heavy atom. The summed E-state index contributed by atoms with van der Waals surface area (Å²) < 4.78 is 0. The van der Waals surface area contributed by atoms with Gasteiger partial charge in [-0.1, -0.05) is 26.0 Å². The molecule has 0 aliphatic heterocycles. The fraction of sp³-hybridized carbons (Fsp3) is 0.522. The first-order chi connectivity index (χ1) is 16.8. The minimum atomic E-state index is -1.25. The number of aliphatic carboxylic acids is 1. The lowest BCUT2D eigenvalue weighted by atomic mass is 10.0. The van der Waals surface area contributed by atoms with Crippen LogP contribution >= 0.6 is 0 Å². The zero-order valence-corrected chi connectivity index (χ0v) is 20.7. The van der Waals surface area contributed by atoms with Crippen LogP contribution in [-0.4, -0.2) is 70.6 Å². The number of carbonyl (C=O) groups is 4. The second kappa shape index (κ2) is 14.5. The maximum absolute atomic E-state index is 12.8. The van der Waals surface area contributed by atoms with Crippen LogP contribution in [0.4, 0.5) is 0 Å². The van der Waals surface area contributed by atoms with E-state index in [2.05, 4.69) is 20.9 Å². The number of guanidine groups is 1. The van der Waals surface area contributed by atoms with Gasteiger partial charge in [-0.15, -0.1) is 0 Å². The van der Waals surface area contributed by atoms with Gasteiger partial charge in [0.1, 0.15) is 23.9 Å². The number of carboxylic acids is 1. The van der Waals surface area contributed by atoms with Gasteiger partial charge in [0.15, 0.2) is 5.96 Å². The van der Waals surface area contributed by atoms with Gasteiger partial charge in [0.25, 0.3) is 0 Å². The Morgan fingerprint density at radius 2 is 1.56 bits per heavy atom. The van der Waals surface area contributed by atoms with Crippen molar-refractivity contribution in [1.82, 2.24) is 16.0 Å². The molecule has 3 amide bonds. The van der Waals surface area contributed by atoms with E-state index in [1.54, 1.807) is 26.0 Å². The molecular weight excluding hydrogens is 470 g/mol. The second-order valence-corrected chi connectivity index (χ2v) is 8.79. The Balaban J connectivity index is 2.70. The summed E-state index contributed by atoms with van der Waals surface area (Å²) >= 11 is 0. The summed E-state index contributed by atoms with van der Waals surface area (Å²) in [5.74, 6) is -3.46. The van der Waals surface area contributed by atoms with Crippen LogP contribution in [-0.2, 0) is 25.6 Å². The number of hydrogen-bond donors (Lipinski definition) is 8. The third-order valence-electron chi connectivity index (χ3n) is 5.29. The number of hydrogen-bond acceptors (Lipinski definition) is 7. The number of carbonyl (C=O) groups excluding carboxylic acids is 3. The topological polar surface area (TPSA) is 235 Å². The number of nitrogens with two attached hydrogens (primary N) is 3. The van der Waals surface area contributed by atoms with Gasteiger partial charge < -0.3 is 43.4 Å². The van der Waals surface area contributed by atoms with Crippen LogP contribution in [0.15, 0.2) is 29.3 Å². The molecule has 0 aromatic heterocycles. The lowest BCUT2D eigenvalue weighted by Gasteiger charge is -2.25. The van der Waals surface area contributed by atoms with E-state index in [0.717, 1.165) is 0 Å². The zero-order valence-electron chi connectivity index (χ0n) is 20.7. The lowest BCUT2D eigenvalue weighted by Crippen LogP contribution is -2.57. The van der Waals surface area contributed by atoms with E-state index in [0.29, 0.717) is 24.9 Å². The minimum absolute atomic E-state index is 0.0201. The molecule has 0 aliphatic rings. The molecule has 11 N–H and O–H groups in total. The predicted octanol–water partition coefficient (Wildman–Crippen LogP) is -1.47. The van der Waals surface area contributed by atoms with Crippen LogP contribution in [0.3, 0.4) is 0 Å². The van der Waals surface area contributed by atoms with Crippen molar-refractivity contribution >= 4 is 29.7 Å². The van der Waals surface area contributed by atoms with E-state index in [4.69, 9.17) is 17.2 Å². The Morgan fingerprint density at radius 1 is 0.944 bits per heavy atom. The van der Waals surface area contributed by atoms with Crippen molar-refractivity contribution in [2.24, 2.45) is 28.1 Å². The van der Waals surface area contributed by atoms with Gasteiger partial charge >= 0.3 is 5.97 Å². The SMILES string of the molecule is CC(NC(=O)C(NC(=O)C(N)CCCN=C(N)N)C(C)C)C(=O)NC(Cc1ccc(O)cc1)C(=O)O. The van der Waals surface area contributed by atoms with Crippen molar-refractivity contribution in [3.05, 3.63) is 29.8 Å². The quantitative estimate of drug-likeness (QED) is 0.0832. The van der Waals surface area contributed by atoms with E-state index in [9.17, 15) is 29.4 Å². The van der Waals surface area contributed by atoms with E-state index < -0.39 is 47.9 Å². The van der Waals surface area contributed by atoms with Crippen LogP contribution < -0.4 is 33.2 Å². The molecule has 13 heteroatoms. The number of carboxylic acid groups (broad SMARTS) is 1. The number of nitrogens with one attached hydrogen (secondary N) is 3. The molecule has 1 aromatic carbocycles. The Kier molecular flexibility index (Phi) is 12.2. The molecule has 1 aromatic rings. The highest BCUT2D eigenvalue weighted by Crippen LogP contribution is 2.12. The third kappa shape index (κ3) is 10.6. The first-order valence-corrected chi connectivity index (χ1v) is 11.5. The van der Waals surface area contributed by atoms with Gasteiger partial charge in [0.2, 0.25) is 17.7 Å². The maximum atomic E-state index is 12.8. The maximum Gasteiger partial charge on any atom is 0.326 e. The molecule has 36 heavy (non-hydrogen) atoms. The number of aliphatic imine (C=N–C) groups is 1. The number of phenolic OH excluding ortho intramolecular Hbond substituents is 1. The number of phenols is 1. The molecule has 0 fully saturated rings. The summed E-state index contributed by atoms with van der Waals surface area (Å²) in [5.41, 5.74) is 17.0. The van der Waals surface area contributed by atoms with E-state index >= 15 is 0 Å². The fourth-order valence-corrected chi connectivity index (χ4v) is 3.18. The summed E-state index contributed by atoms with van der Waals surface area (Å²) in [6.07, 6.45) is 0.746. The molecule has 0 heterocycles. The number of benzene rings is 1. The first-order valence-electron chi connectivity index (χ1n) is 11.5. The van der Waals surface area contributed by atoms with Crippen molar-refractivity contribution in [3.63, 3.8) is 0 Å². The fourth-order valence-electron chi connectivity index (χ4n) is 3.18. The Labute approximate surface area is 209 Å². The number of amides is 3. The molecule has 0 radical (unpaired) electrons. The second-order valence-electron chi connectivity index (χ2n) is 8.79. The van der Waals surface area contributed by atoms with Gasteiger partial charge in [0, 0.05) is 13.0 Å². The van der Waals surface area contributed by atoms with Gasteiger partial charge in [-0.25, -0.2) is 4.79 Å². The van der Waals surface area contributed by atoms with Crippen molar-refractivity contribution in [2.45, 2.75) is 64.2 Å².